The van der Waals surface area contributed by atoms with E-state index in [0.29, 0.717) is 12.0 Å². The second kappa shape index (κ2) is 7.32. The third-order valence-corrected chi connectivity index (χ3v) is 3.53. The van der Waals surface area contributed by atoms with Crippen molar-refractivity contribution < 1.29 is 8.78 Å². The minimum atomic E-state index is -0.404. The molecule has 0 amide bonds. The van der Waals surface area contributed by atoms with Gasteiger partial charge < -0.3 is 5.32 Å². The highest BCUT2D eigenvalue weighted by Crippen LogP contribution is 2.22. The van der Waals surface area contributed by atoms with Crippen molar-refractivity contribution in [1.29, 1.82) is 0 Å². The standard InChI is InChI=1S/C18H21F2N/c1-3-10-21-18(11-14-6-4-13(2)5-7-14)16-12-15(19)8-9-17(16)20/h4-9,12,18,21H,3,10-11H2,1-2H3. The zero-order valence-corrected chi connectivity index (χ0v) is 12.5. The second-order valence-corrected chi connectivity index (χ2v) is 5.36. The molecule has 0 aliphatic rings. The quantitative estimate of drug-likeness (QED) is 0.822. The van der Waals surface area contributed by atoms with E-state index in [9.17, 15) is 8.78 Å². The van der Waals surface area contributed by atoms with Crippen LogP contribution in [0.3, 0.4) is 0 Å². The molecule has 0 aliphatic carbocycles. The van der Waals surface area contributed by atoms with Crippen LogP contribution in [0.5, 0.6) is 0 Å². The smallest absolute Gasteiger partial charge is 0.128 e. The van der Waals surface area contributed by atoms with E-state index in [2.05, 4.69) is 12.2 Å². The van der Waals surface area contributed by atoms with E-state index in [1.165, 1.54) is 17.7 Å². The zero-order chi connectivity index (χ0) is 15.2. The van der Waals surface area contributed by atoms with Crippen LogP contribution in [0.2, 0.25) is 0 Å². The molecule has 21 heavy (non-hydrogen) atoms. The van der Waals surface area contributed by atoms with Crippen LogP contribution in [-0.4, -0.2) is 6.54 Å². The van der Waals surface area contributed by atoms with Gasteiger partial charge in [0.05, 0.1) is 0 Å². The number of nitrogens with one attached hydrogen (secondary N) is 1. The van der Waals surface area contributed by atoms with Crippen molar-refractivity contribution in [2.45, 2.75) is 32.7 Å². The highest BCUT2D eigenvalue weighted by molar-refractivity contribution is 5.27. The van der Waals surface area contributed by atoms with Crippen LogP contribution < -0.4 is 5.32 Å². The van der Waals surface area contributed by atoms with Crippen molar-refractivity contribution in [3.8, 4) is 0 Å². The number of rotatable bonds is 6. The predicted octanol–water partition coefficient (Wildman–Crippen LogP) is 4.56. The topological polar surface area (TPSA) is 12.0 Å². The minimum Gasteiger partial charge on any atom is -0.310 e. The summed E-state index contributed by atoms with van der Waals surface area (Å²) in [5, 5.41) is 3.31. The molecule has 0 fully saturated rings. The van der Waals surface area contributed by atoms with Gasteiger partial charge in [0.15, 0.2) is 0 Å². The Labute approximate surface area is 125 Å². The fourth-order valence-corrected chi connectivity index (χ4v) is 2.35. The summed E-state index contributed by atoms with van der Waals surface area (Å²) in [4.78, 5) is 0. The summed E-state index contributed by atoms with van der Waals surface area (Å²) < 4.78 is 27.4. The monoisotopic (exact) mass is 289 g/mol. The first-order valence-electron chi connectivity index (χ1n) is 7.34. The van der Waals surface area contributed by atoms with Crippen LogP contribution >= 0.6 is 0 Å². The Morgan fingerprint density at radius 3 is 2.43 bits per heavy atom. The molecule has 1 N–H and O–H groups in total. The van der Waals surface area contributed by atoms with E-state index < -0.39 is 5.82 Å². The maximum absolute atomic E-state index is 14.0. The molecule has 2 rings (SSSR count). The molecule has 2 aromatic carbocycles. The molecule has 1 nitrogen and oxygen atoms in total. The molecular weight excluding hydrogens is 268 g/mol. The molecule has 0 saturated heterocycles. The molecule has 2 aromatic rings. The average molecular weight is 289 g/mol. The Balaban J connectivity index is 2.25. The SMILES string of the molecule is CCCNC(Cc1ccc(C)cc1)c1cc(F)ccc1F. The Hall–Kier alpha value is -1.74. The van der Waals surface area contributed by atoms with Gasteiger partial charge in [-0.1, -0.05) is 36.8 Å². The van der Waals surface area contributed by atoms with Gasteiger partial charge in [0, 0.05) is 11.6 Å². The maximum Gasteiger partial charge on any atom is 0.128 e. The molecule has 0 radical (unpaired) electrons. The molecule has 3 heteroatoms. The van der Waals surface area contributed by atoms with Crippen LogP contribution in [-0.2, 0) is 6.42 Å². The molecule has 1 atom stereocenters. The second-order valence-electron chi connectivity index (χ2n) is 5.36. The Morgan fingerprint density at radius 1 is 1.05 bits per heavy atom. The van der Waals surface area contributed by atoms with Crippen molar-refractivity contribution in [1.82, 2.24) is 5.32 Å². The zero-order valence-electron chi connectivity index (χ0n) is 12.5. The Kier molecular flexibility index (Phi) is 5.45. The third kappa shape index (κ3) is 4.36. The van der Waals surface area contributed by atoms with E-state index in [-0.39, 0.29) is 11.9 Å². The number of benzene rings is 2. The van der Waals surface area contributed by atoms with Crippen molar-refractivity contribution in [3.05, 3.63) is 70.8 Å². The first-order chi connectivity index (χ1) is 10.1. The van der Waals surface area contributed by atoms with Gasteiger partial charge in [-0.3, -0.25) is 0 Å². The lowest BCUT2D eigenvalue weighted by molar-refractivity contribution is 0.490. The molecule has 0 bridgehead atoms. The van der Waals surface area contributed by atoms with E-state index >= 15 is 0 Å². The first kappa shape index (κ1) is 15.6. The lowest BCUT2D eigenvalue weighted by atomic mass is 9.97. The van der Waals surface area contributed by atoms with Gasteiger partial charge in [-0.2, -0.15) is 0 Å². The summed E-state index contributed by atoms with van der Waals surface area (Å²) in [6.07, 6.45) is 1.59. The van der Waals surface area contributed by atoms with E-state index in [1.807, 2.05) is 31.2 Å². The molecule has 0 heterocycles. The fraction of sp³-hybridized carbons (Fsp3) is 0.333. The number of hydrogen-bond acceptors (Lipinski definition) is 1. The molecule has 112 valence electrons. The molecule has 0 saturated carbocycles. The van der Waals surface area contributed by atoms with E-state index in [0.717, 1.165) is 24.6 Å². The average Bonchev–Trinajstić information content (AvgIpc) is 2.48. The van der Waals surface area contributed by atoms with Crippen LogP contribution in [0.25, 0.3) is 0 Å². The summed E-state index contributed by atoms with van der Waals surface area (Å²) in [7, 11) is 0. The first-order valence-corrected chi connectivity index (χ1v) is 7.34. The number of hydrogen-bond donors (Lipinski definition) is 1. The molecule has 0 aliphatic heterocycles. The van der Waals surface area contributed by atoms with Gasteiger partial charge in [0.25, 0.3) is 0 Å². The van der Waals surface area contributed by atoms with Crippen LogP contribution in [0, 0.1) is 18.6 Å². The van der Waals surface area contributed by atoms with Gasteiger partial charge in [0.1, 0.15) is 11.6 Å². The van der Waals surface area contributed by atoms with Crippen molar-refractivity contribution in [3.63, 3.8) is 0 Å². The number of aryl methyl sites for hydroxylation is 1. The summed E-state index contributed by atoms with van der Waals surface area (Å²) in [5.74, 6) is -0.768. The van der Waals surface area contributed by atoms with Gasteiger partial charge >= 0.3 is 0 Å². The largest absolute Gasteiger partial charge is 0.310 e. The van der Waals surface area contributed by atoms with Crippen LogP contribution in [0.15, 0.2) is 42.5 Å². The normalized spacial score (nSPS) is 12.4. The lowest BCUT2D eigenvalue weighted by Crippen LogP contribution is -2.25. The molecule has 0 spiro atoms. The summed E-state index contributed by atoms with van der Waals surface area (Å²) >= 11 is 0. The van der Waals surface area contributed by atoms with Crippen molar-refractivity contribution in [2.24, 2.45) is 0 Å². The van der Waals surface area contributed by atoms with Crippen LogP contribution in [0.4, 0.5) is 8.78 Å². The minimum absolute atomic E-state index is 0.219. The Bertz CT molecular complexity index is 578. The summed E-state index contributed by atoms with van der Waals surface area (Å²) in [6.45, 7) is 4.85. The van der Waals surface area contributed by atoms with Crippen molar-refractivity contribution in [2.75, 3.05) is 6.54 Å². The molecule has 0 aromatic heterocycles. The van der Waals surface area contributed by atoms with Gasteiger partial charge in [0.2, 0.25) is 0 Å². The highest BCUT2D eigenvalue weighted by Gasteiger charge is 2.16. The summed E-state index contributed by atoms with van der Waals surface area (Å²) in [6, 6.07) is 11.6. The maximum atomic E-state index is 14.0. The van der Waals surface area contributed by atoms with Crippen molar-refractivity contribution >= 4 is 0 Å². The van der Waals surface area contributed by atoms with Gasteiger partial charge in [-0.25, -0.2) is 8.78 Å². The van der Waals surface area contributed by atoms with Gasteiger partial charge in [-0.05, 0) is 50.1 Å². The third-order valence-electron chi connectivity index (χ3n) is 3.53. The lowest BCUT2D eigenvalue weighted by Gasteiger charge is -2.20. The van der Waals surface area contributed by atoms with Gasteiger partial charge in [-0.15, -0.1) is 0 Å². The highest BCUT2D eigenvalue weighted by atomic mass is 19.1. The van der Waals surface area contributed by atoms with E-state index in [1.54, 1.807) is 0 Å². The molecule has 1 unspecified atom stereocenters. The molecular formula is C18H21F2N. The Morgan fingerprint density at radius 2 is 1.76 bits per heavy atom. The fourth-order valence-electron chi connectivity index (χ4n) is 2.35. The van der Waals surface area contributed by atoms with E-state index in [4.69, 9.17) is 0 Å². The van der Waals surface area contributed by atoms with Crippen LogP contribution in [0.1, 0.15) is 36.1 Å². The predicted molar refractivity (Wildman–Crippen MR) is 82.3 cm³/mol. The number of halogens is 2. The summed E-state index contributed by atoms with van der Waals surface area (Å²) in [5.41, 5.74) is 2.69.